The maximum Gasteiger partial charge on any atom is 0.345 e. The minimum atomic E-state index is -0.590. The second-order valence-corrected chi connectivity index (χ2v) is 7.23. The molecule has 0 spiro atoms. The lowest BCUT2D eigenvalue weighted by Crippen LogP contribution is -2.17. The van der Waals surface area contributed by atoms with E-state index in [1.165, 1.54) is 23.7 Å². The Morgan fingerprint density at radius 2 is 1.84 bits per heavy atom. The molecule has 0 saturated carbocycles. The molecule has 3 aromatic rings. The molecule has 1 aromatic heterocycles. The van der Waals surface area contributed by atoms with E-state index in [1.807, 2.05) is 6.92 Å². The Morgan fingerprint density at radius 1 is 1.13 bits per heavy atom. The van der Waals surface area contributed by atoms with Crippen LogP contribution in [0.3, 0.4) is 0 Å². The number of carbonyl (C=O) groups excluding carboxylic acids is 2. The third-order valence-electron chi connectivity index (χ3n) is 4.72. The first-order valence-corrected chi connectivity index (χ1v) is 10.2. The van der Waals surface area contributed by atoms with E-state index in [4.69, 9.17) is 9.47 Å². The largest absolute Gasteiger partial charge is 0.458 e. The topological polar surface area (TPSA) is 70.4 Å². The van der Waals surface area contributed by atoms with Crippen LogP contribution in [0.5, 0.6) is 5.88 Å². The highest BCUT2D eigenvalue weighted by atomic mass is 19.1. The van der Waals surface area contributed by atoms with Crippen LogP contribution >= 0.6 is 0 Å². The molecular weight excluding hydrogens is 399 g/mol. The molecule has 0 aliphatic carbocycles. The van der Waals surface area contributed by atoms with Gasteiger partial charge >= 0.3 is 11.9 Å². The predicted octanol–water partition coefficient (Wildman–Crippen LogP) is 5.33. The van der Waals surface area contributed by atoms with Crippen LogP contribution in [0.15, 0.2) is 54.6 Å². The van der Waals surface area contributed by atoms with Gasteiger partial charge in [0, 0.05) is 18.6 Å². The van der Waals surface area contributed by atoms with Crippen molar-refractivity contribution in [3.63, 3.8) is 0 Å². The van der Waals surface area contributed by atoms with E-state index in [2.05, 4.69) is 5.10 Å². The number of nitrogens with zero attached hydrogens (tertiary/aromatic N) is 2. The maximum atomic E-state index is 13.3. The summed E-state index contributed by atoms with van der Waals surface area (Å²) in [6.07, 6.45) is 1.84. The number of benzene rings is 2. The molecule has 1 atom stereocenters. The second kappa shape index (κ2) is 10.0. The first-order valence-electron chi connectivity index (χ1n) is 10.2. The fraction of sp³-hybridized carbons (Fsp3) is 0.292. The van der Waals surface area contributed by atoms with E-state index in [0.717, 1.165) is 12.8 Å². The van der Waals surface area contributed by atoms with E-state index in [1.54, 1.807) is 49.4 Å². The maximum absolute atomic E-state index is 13.3. The molecule has 7 heteroatoms. The summed E-state index contributed by atoms with van der Waals surface area (Å²) in [4.78, 5) is 24.7. The van der Waals surface area contributed by atoms with Gasteiger partial charge in [-0.25, -0.2) is 13.9 Å². The Kier molecular flexibility index (Phi) is 7.18. The van der Waals surface area contributed by atoms with Crippen molar-refractivity contribution in [1.82, 2.24) is 9.78 Å². The lowest BCUT2D eigenvalue weighted by atomic mass is 9.98. The molecule has 6 nitrogen and oxygen atoms in total. The Bertz CT molecular complexity index is 1060. The van der Waals surface area contributed by atoms with Crippen molar-refractivity contribution in [3.8, 4) is 11.6 Å². The van der Waals surface area contributed by atoms with Gasteiger partial charge in [0.15, 0.2) is 0 Å². The zero-order valence-corrected chi connectivity index (χ0v) is 17.8. The van der Waals surface area contributed by atoms with Crippen molar-refractivity contribution < 1.29 is 23.5 Å². The van der Waals surface area contributed by atoms with Gasteiger partial charge in [-0.1, -0.05) is 31.5 Å². The van der Waals surface area contributed by atoms with E-state index >= 15 is 0 Å². The summed E-state index contributed by atoms with van der Waals surface area (Å²) in [7, 11) is 0. The molecule has 0 bridgehead atoms. The third-order valence-corrected chi connectivity index (χ3v) is 4.72. The predicted molar refractivity (Wildman–Crippen MR) is 114 cm³/mol. The molecule has 2 aromatic carbocycles. The average molecular weight is 424 g/mol. The van der Waals surface area contributed by atoms with Crippen LogP contribution in [-0.4, -0.2) is 21.7 Å². The summed E-state index contributed by atoms with van der Waals surface area (Å²) < 4.78 is 25.9. The molecule has 162 valence electrons. The van der Waals surface area contributed by atoms with Gasteiger partial charge in [0.2, 0.25) is 5.88 Å². The zero-order valence-electron chi connectivity index (χ0n) is 17.8. The highest BCUT2D eigenvalue weighted by Crippen LogP contribution is 2.28. The van der Waals surface area contributed by atoms with Gasteiger partial charge in [-0.15, -0.1) is 0 Å². The van der Waals surface area contributed by atoms with Crippen LogP contribution in [0.2, 0.25) is 0 Å². The molecule has 0 amide bonds. The molecule has 0 aliphatic heterocycles. The van der Waals surface area contributed by atoms with Gasteiger partial charge in [-0.2, -0.15) is 5.10 Å². The summed E-state index contributed by atoms with van der Waals surface area (Å²) in [6.45, 7) is 5.17. The second-order valence-electron chi connectivity index (χ2n) is 7.23. The van der Waals surface area contributed by atoms with Gasteiger partial charge < -0.3 is 9.47 Å². The fourth-order valence-electron chi connectivity index (χ4n) is 3.30. The van der Waals surface area contributed by atoms with Crippen LogP contribution in [0.25, 0.3) is 5.69 Å². The Morgan fingerprint density at radius 3 is 2.52 bits per heavy atom. The van der Waals surface area contributed by atoms with Gasteiger partial charge in [0.25, 0.3) is 0 Å². The van der Waals surface area contributed by atoms with E-state index < -0.39 is 18.0 Å². The zero-order chi connectivity index (χ0) is 22.4. The molecule has 31 heavy (non-hydrogen) atoms. The number of ether oxygens (including phenoxy) is 2. The summed E-state index contributed by atoms with van der Waals surface area (Å²) in [5.41, 5.74) is 2.11. The van der Waals surface area contributed by atoms with Crippen LogP contribution in [0.4, 0.5) is 4.39 Å². The van der Waals surface area contributed by atoms with Crippen LogP contribution in [0.1, 0.15) is 60.8 Å². The minimum absolute atomic E-state index is 0.210. The number of halogens is 1. The molecule has 0 saturated heterocycles. The molecule has 3 rings (SSSR count). The van der Waals surface area contributed by atoms with Gasteiger partial charge in [-0.3, -0.25) is 4.79 Å². The first kappa shape index (κ1) is 22.2. The highest BCUT2D eigenvalue weighted by molar-refractivity contribution is 5.92. The lowest BCUT2D eigenvalue weighted by molar-refractivity contribution is -0.147. The third kappa shape index (κ3) is 5.57. The van der Waals surface area contributed by atoms with Crippen molar-refractivity contribution in [2.75, 3.05) is 0 Å². The molecular formula is C24H25FN2O4. The summed E-state index contributed by atoms with van der Waals surface area (Å²) >= 11 is 0. The standard InChI is InChI=1S/C24H25FN2O4/c1-4-5-10-22(30-17(3)28)20-8-6-7-9-21(20)24(29)31-23-15-16(2)26-27(23)19-13-11-18(25)12-14-19/h6-9,11-15,22H,4-5,10H2,1-3H3. The lowest BCUT2D eigenvalue weighted by Gasteiger charge is -2.19. The van der Waals surface area contributed by atoms with E-state index in [9.17, 15) is 14.0 Å². The molecule has 0 radical (unpaired) electrons. The van der Waals surface area contributed by atoms with Crippen LogP contribution < -0.4 is 4.74 Å². The van der Waals surface area contributed by atoms with Crippen molar-refractivity contribution in [2.45, 2.75) is 46.1 Å². The summed E-state index contributed by atoms with van der Waals surface area (Å²) in [5.74, 6) is -1.16. The normalized spacial score (nSPS) is 11.7. The molecule has 0 aliphatic rings. The number of hydrogen-bond donors (Lipinski definition) is 0. The number of esters is 2. The fourth-order valence-corrected chi connectivity index (χ4v) is 3.30. The number of carbonyl (C=O) groups is 2. The first-order chi connectivity index (χ1) is 14.9. The molecule has 0 fully saturated rings. The van der Waals surface area contributed by atoms with Gasteiger partial charge in [-0.05, 0) is 50.1 Å². The number of hydrogen-bond acceptors (Lipinski definition) is 5. The monoisotopic (exact) mass is 424 g/mol. The SMILES string of the molecule is CCCCC(OC(C)=O)c1ccccc1C(=O)Oc1cc(C)nn1-c1ccc(F)cc1. The van der Waals surface area contributed by atoms with E-state index in [-0.39, 0.29) is 11.7 Å². The Balaban J connectivity index is 1.91. The summed E-state index contributed by atoms with van der Waals surface area (Å²) in [5, 5.41) is 4.34. The molecule has 1 heterocycles. The Labute approximate surface area is 180 Å². The molecule has 0 N–H and O–H groups in total. The van der Waals surface area contributed by atoms with Gasteiger partial charge in [0.05, 0.1) is 16.9 Å². The van der Waals surface area contributed by atoms with Crippen molar-refractivity contribution in [3.05, 3.63) is 77.2 Å². The summed E-state index contributed by atoms with van der Waals surface area (Å²) in [6, 6.07) is 14.3. The highest BCUT2D eigenvalue weighted by Gasteiger charge is 2.23. The van der Waals surface area contributed by atoms with Crippen molar-refractivity contribution >= 4 is 11.9 Å². The minimum Gasteiger partial charge on any atom is -0.458 e. The number of aryl methyl sites for hydroxylation is 1. The number of rotatable bonds is 8. The van der Waals surface area contributed by atoms with Gasteiger partial charge in [0.1, 0.15) is 11.9 Å². The number of unbranched alkanes of at least 4 members (excludes halogenated alkanes) is 1. The van der Waals surface area contributed by atoms with Crippen molar-refractivity contribution in [2.24, 2.45) is 0 Å². The average Bonchev–Trinajstić information content (AvgIpc) is 3.11. The molecule has 1 unspecified atom stereocenters. The number of aromatic nitrogens is 2. The smallest absolute Gasteiger partial charge is 0.345 e. The van der Waals surface area contributed by atoms with Crippen LogP contribution in [-0.2, 0) is 9.53 Å². The van der Waals surface area contributed by atoms with Crippen molar-refractivity contribution in [1.29, 1.82) is 0 Å². The van der Waals surface area contributed by atoms with E-state index in [0.29, 0.717) is 28.9 Å². The van der Waals surface area contributed by atoms with Crippen LogP contribution in [0, 0.1) is 12.7 Å². The quantitative estimate of drug-likeness (QED) is 0.457. The Hall–Kier alpha value is -3.48.